The number of unbranched alkanes of at least 4 members (excludes halogenated alkanes) is 1. The van der Waals surface area contributed by atoms with E-state index in [2.05, 4.69) is 38.2 Å². The summed E-state index contributed by atoms with van der Waals surface area (Å²) < 4.78 is 0. The van der Waals surface area contributed by atoms with E-state index in [-0.39, 0.29) is 18.7 Å². The summed E-state index contributed by atoms with van der Waals surface area (Å²) in [5.41, 5.74) is 3.59. The highest BCUT2D eigenvalue weighted by Crippen LogP contribution is 2.20. The van der Waals surface area contributed by atoms with Crippen molar-refractivity contribution in [2.24, 2.45) is 0 Å². The predicted octanol–water partition coefficient (Wildman–Crippen LogP) is 3.17. The second-order valence-corrected chi connectivity index (χ2v) is 5.52. The zero-order valence-electron chi connectivity index (χ0n) is 13.6. The van der Waals surface area contributed by atoms with Crippen molar-refractivity contribution in [2.45, 2.75) is 46.6 Å². The van der Waals surface area contributed by atoms with Gasteiger partial charge in [-0.25, -0.2) is 4.79 Å². The molecule has 0 bridgehead atoms. The van der Waals surface area contributed by atoms with E-state index in [9.17, 15) is 4.79 Å². The number of carbonyl (C=O) groups excluding carboxylic acids is 1. The summed E-state index contributed by atoms with van der Waals surface area (Å²) in [6, 6.07) is 6.00. The van der Waals surface area contributed by atoms with Crippen molar-refractivity contribution in [1.82, 2.24) is 10.2 Å². The Morgan fingerprint density at radius 3 is 2.67 bits per heavy atom. The van der Waals surface area contributed by atoms with Crippen LogP contribution in [0.3, 0.4) is 0 Å². The van der Waals surface area contributed by atoms with E-state index in [0.717, 1.165) is 18.4 Å². The maximum atomic E-state index is 12.3. The van der Waals surface area contributed by atoms with E-state index in [1.165, 1.54) is 11.1 Å². The average molecular weight is 292 g/mol. The summed E-state index contributed by atoms with van der Waals surface area (Å²) in [4.78, 5) is 14.0. The molecule has 0 aliphatic heterocycles. The van der Waals surface area contributed by atoms with Gasteiger partial charge in [-0.3, -0.25) is 0 Å². The maximum Gasteiger partial charge on any atom is 0.317 e. The third-order valence-electron chi connectivity index (χ3n) is 3.89. The van der Waals surface area contributed by atoms with Crippen LogP contribution in [0.5, 0.6) is 0 Å². The number of hydrogen-bond donors (Lipinski definition) is 2. The number of nitrogens with zero attached hydrogens (tertiary/aromatic N) is 1. The Morgan fingerprint density at radius 2 is 2.05 bits per heavy atom. The van der Waals surface area contributed by atoms with Gasteiger partial charge in [0.15, 0.2) is 0 Å². The van der Waals surface area contributed by atoms with Gasteiger partial charge in [-0.15, -0.1) is 0 Å². The standard InChI is InChI=1S/C17H28N2O2/c1-5-6-10-19(11-12-20)17(21)18-15(4)16-9-7-8-13(2)14(16)3/h7-9,15,20H,5-6,10-12H2,1-4H3,(H,18,21). The Hall–Kier alpha value is -1.55. The number of carbonyl (C=O) groups is 1. The highest BCUT2D eigenvalue weighted by Gasteiger charge is 2.17. The van der Waals surface area contributed by atoms with Crippen molar-refractivity contribution in [2.75, 3.05) is 19.7 Å². The number of nitrogens with one attached hydrogen (secondary N) is 1. The van der Waals surface area contributed by atoms with Gasteiger partial charge < -0.3 is 15.3 Å². The van der Waals surface area contributed by atoms with Gasteiger partial charge in [0.05, 0.1) is 12.6 Å². The molecule has 0 fully saturated rings. The van der Waals surface area contributed by atoms with Gasteiger partial charge in [0.1, 0.15) is 0 Å². The monoisotopic (exact) mass is 292 g/mol. The SMILES string of the molecule is CCCCN(CCO)C(=O)NC(C)c1cccc(C)c1C. The largest absolute Gasteiger partial charge is 0.395 e. The minimum atomic E-state index is -0.106. The van der Waals surface area contributed by atoms with Gasteiger partial charge >= 0.3 is 6.03 Å². The Balaban J connectivity index is 2.73. The molecule has 1 rings (SSSR count). The Labute approximate surface area is 128 Å². The molecule has 2 N–H and O–H groups in total. The zero-order chi connectivity index (χ0) is 15.8. The second-order valence-electron chi connectivity index (χ2n) is 5.52. The Kier molecular flexibility index (Phi) is 7.23. The Bertz CT molecular complexity index is 460. The molecule has 0 aromatic heterocycles. The quantitative estimate of drug-likeness (QED) is 0.811. The molecule has 0 heterocycles. The summed E-state index contributed by atoms with van der Waals surface area (Å²) >= 11 is 0. The van der Waals surface area contributed by atoms with Crippen LogP contribution in [0.1, 0.15) is 49.4 Å². The maximum absolute atomic E-state index is 12.3. The third-order valence-corrected chi connectivity index (χ3v) is 3.89. The van der Waals surface area contributed by atoms with Crippen LogP contribution in [0, 0.1) is 13.8 Å². The number of aliphatic hydroxyl groups is 1. The number of aryl methyl sites for hydroxylation is 1. The lowest BCUT2D eigenvalue weighted by Gasteiger charge is -2.25. The van der Waals surface area contributed by atoms with Crippen molar-refractivity contribution < 1.29 is 9.90 Å². The van der Waals surface area contributed by atoms with Crippen LogP contribution >= 0.6 is 0 Å². The van der Waals surface area contributed by atoms with Gasteiger partial charge in [0.2, 0.25) is 0 Å². The van der Waals surface area contributed by atoms with Crippen LogP contribution in [0.4, 0.5) is 4.79 Å². The fourth-order valence-electron chi connectivity index (χ4n) is 2.38. The molecule has 1 aromatic carbocycles. The van der Waals surface area contributed by atoms with E-state index in [4.69, 9.17) is 5.11 Å². The minimum Gasteiger partial charge on any atom is -0.395 e. The van der Waals surface area contributed by atoms with E-state index in [1.54, 1.807) is 4.90 Å². The molecule has 2 amide bonds. The van der Waals surface area contributed by atoms with Crippen LogP contribution in [0.2, 0.25) is 0 Å². The lowest BCUT2D eigenvalue weighted by atomic mass is 9.98. The summed E-state index contributed by atoms with van der Waals surface area (Å²) in [6.45, 7) is 9.30. The van der Waals surface area contributed by atoms with Crippen LogP contribution in [-0.4, -0.2) is 35.7 Å². The molecular formula is C17H28N2O2. The average Bonchev–Trinajstić information content (AvgIpc) is 2.46. The molecule has 118 valence electrons. The molecule has 4 heteroatoms. The third kappa shape index (κ3) is 5.05. The van der Waals surface area contributed by atoms with E-state index in [1.807, 2.05) is 13.0 Å². The van der Waals surface area contributed by atoms with Crippen LogP contribution in [0.15, 0.2) is 18.2 Å². The van der Waals surface area contributed by atoms with Crippen molar-refractivity contribution in [3.05, 3.63) is 34.9 Å². The summed E-state index contributed by atoms with van der Waals surface area (Å²) in [7, 11) is 0. The topological polar surface area (TPSA) is 52.6 Å². The first-order valence-electron chi connectivity index (χ1n) is 7.73. The molecule has 0 radical (unpaired) electrons. The molecule has 4 nitrogen and oxygen atoms in total. The molecule has 0 aliphatic rings. The Morgan fingerprint density at radius 1 is 1.33 bits per heavy atom. The molecule has 1 unspecified atom stereocenters. The first-order valence-corrected chi connectivity index (χ1v) is 7.73. The number of aliphatic hydroxyl groups excluding tert-OH is 1. The van der Waals surface area contributed by atoms with Crippen LogP contribution in [0.25, 0.3) is 0 Å². The summed E-state index contributed by atoms with van der Waals surface area (Å²) in [6.07, 6.45) is 1.98. The van der Waals surface area contributed by atoms with E-state index < -0.39 is 0 Å². The lowest BCUT2D eigenvalue weighted by molar-refractivity contribution is 0.173. The number of hydrogen-bond acceptors (Lipinski definition) is 2. The van der Waals surface area contributed by atoms with Crippen molar-refractivity contribution >= 4 is 6.03 Å². The lowest BCUT2D eigenvalue weighted by Crippen LogP contribution is -2.43. The number of benzene rings is 1. The van der Waals surface area contributed by atoms with E-state index in [0.29, 0.717) is 13.1 Å². The minimum absolute atomic E-state index is 0.00497. The molecule has 21 heavy (non-hydrogen) atoms. The number of amides is 2. The van der Waals surface area contributed by atoms with Crippen molar-refractivity contribution in [3.63, 3.8) is 0 Å². The van der Waals surface area contributed by atoms with Crippen LogP contribution < -0.4 is 5.32 Å². The van der Waals surface area contributed by atoms with Gasteiger partial charge in [-0.05, 0) is 43.9 Å². The number of urea groups is 1. The van der Waals surface area contributed by atoms with Gasteiger partial charge in [0, 0.05) is 13.1 Å². The fraction of sp³-hybridized carbons (Fsp3) is 0.588. The predicted molar refractivity (Wildman–Crippen MR) is 86.4 cm³/mol. The van der Waals surface area contributed by atoms with Crippen molar-refractivity contribution in [1.29, 1.82) is 0 Å². The van der Waals surface area contributed by atoms with Crippen LogP contribution in [-0.2, 0) is 0 Å². The summed E-state index contributed by atoms with van der Waals surface area (Å²) in [5.74, 6) is 0. The highest BCUT2D eigenvalue weighted by atomic mass is 16.3. The fourth-order valence-corrected chi connectivity index (χ4v) is 2.38. The second kappa shape index (κ2) is 8.67. The molecule has 1 atom stereocenters. The van der Waals surface area contributed by atoms with E-state index >= 15 is 0 Å². The molecule has 0 spiro atoms. The molecule has 0 saturated heterocycles. The molecule has 0 saturated carbocycles. The number of rotatable bonds is 7. The molecule has 1 aromatic rings. The molecular weight excluding hydrogens is 264 g/mol. The van der Waals surface area contributed by atoms with Gasteiger partial charge in [0.25, 0.3) is 0 Å². The zero-order valence-corrected chi connectivity index (χ0v) is 13.6. The first kappa shape index (κ1) is 17.5. The van der Waals surface area contributed by atoms with Gasteiger partial charge in [-0.1, -0.05) is 31.5 Å². The summed E-state index contributed by atoms with van der Waals surface area (Å²) in [5, 5.41) is 12.1. The normalized spacial score (nSPS) is 12.0. The molecule has 0 aliphatic carbocycles. The van der Waals surface area contributed by atoms with Crippen molar-refractivity contribution in [3.8, 4) is 0 Å². The smallest absolute Gasteiger partial charge is 0.317 e. The first-order chi connectivity index (χ1) is 10.0. The van der Waals surface area contributed by atoms with Gasteiger partial charge in [-0.2, -0.15) is 0 Å². The highest BCUT2D eigenvalue weighted by molar-refractivity contribution is 5.74.